The highest BCUT2D eigenvalue weighted by Crippen LogP contribution is 2.25. The van der Waals surface area contributed by atoms with E-state index in [1.807, 2.05) is 11.8 Å². The number of carbonyl (C=O) groups is 1. The zero-order valence-corrected chi connectivity index (χ0v) is 13.8. The lowest BCUT2D eigenvalue weighted by Gasteiger charge is -2.30. The highest BCUT2D eigenvalue weighted by Gasteiger charge is 2.23. The van der Waals surface area contributed by atoms with Crippen molar-refractivity contribution in [3.8, 4) is 6.07 Å². The number of urea groups is 1. The molecule has 3 rings (SSSR count). The summed E-state index contributed by atoms with van der Waals surface area (Å²) in [5.74, 6) is 0.108. The first-order valence-electron chi connectivity index (χ1n) is 8.74. The van der Waals surface area contributed by atoms with Gasteiger partial charge in [0.05, 0.1) is 12.1 Å². The Morgan fingerprint density at radius 2 is 1.96 bits per heavy atom. The molecule has 0 radical (unpaired) electrons. The van der Waals surface area contributed by atoms with E-state index in [0.29, 0.717) is 13.1 Å². The van der Waals surface area contributed by atoms with Crippen LogP contribution in [0, 0.1) is 17.2 Å². The van der Waals surface area contributed by atoms with Gasteiger partial charge in [0.1, 0.15) is 0 Å². The summed E-state index contributed by atoms with van der Waals surface area (Å²) in [6, 6.07) is 8.95. The number of nitrogens with one attached hydrogen (secondary N) is 1. The van der Waals surface area contributed by atoms with Crippen LogP contribution < -0.4 is 5.32 Å². The molecule has 1 heterocycles. The standard InChI is InChI=1S/C19H25N3O/c1-14(17-7-6-16-4-2-3-5-18(16)12-17)21-19(23)22-10-8-15(13-20)9-11-22/h6-7,12,14-15H,2-5,8-11H2,1H3,(H,21,23)/t14-/m0/s1. The van der Waals surface area contributed by atoms with Crippen LogP contribution in [-0.2, 0) is 12.8 Å². The molecule has 0 bridgehead atoms. The summed E-state index contributed by atoms with van der Waals surface area (Å²) in [5, 5.41) is 12.0. The van der Waals surface area contributed by atoms with Crippen molar-refractivity contribution in [2.75, 3.05) is 13.1 Å². The molecule has 1 N–H and O–H groups in total. The largest absolute Gasteiger partial charge is 0.331 e. The van der Waals surface area contributed by atoms with Gasteiger partial charge in [-0.2, -0.15) is 5.26 Å². The smallest absolute Gasteiger partial charge is 0.317 e. The van der Waals surface area contributed by atoms with Gasteiger partial charge in [0, 0.05) is 19.0 Å². The normalized spacial score (nSPS) is 19.6. The monoisotopic (exact) mass is 311 g/mol. The molecule has 4 heteroatoms. The number of carbonyl (C=O) groups excluding carboxylic acids is 1. The van der Waals surface area contributed by atoms with Crippen LogP contribution in [0.1, 0.15) is 55.3 Å². The summed E-state index contributed by atoms with van der Waals surface area (Å²) in [4.78, 5) is 14.2. The molecule has 122 valence electrons. The number of fused-ring (bicyclic) bond motifs is 1. The number of likely N-dealkylation sites (tertiary alicyclic amines) is 1. The van der Waals surface area contributed by atoms with Gasteiger partial charge in [-0.05, 0) is 62.1 Å². The van der Waals surface area contributed by atoms with Crippen molar-refractivity contribution in [1.82, 2.24) is 10.2 Å². The number of hydrogen-bond donors (Lipinski definition) is 1. The lowest BCUT2D eigenvalue weighted by molar-refractivity contribution is 0.176. The molecule has 1 aliphatic heterocycles. The highest BCUT2D eigenvalue weighted by atomic mass is 16.2. The minimum absolute atomic E-state index is 0.00777. The topological polar surface area (TPSA) is 56.1 Å². The van der Waals surface area contributed by atoms with Gasteiger partial charge in [-0.3, -0.25) is 0 Å². The number of nitriles is 1. The van der Waals surface area contributed by atoms with Gasteiger partial charge in [-0.25, -0.2) is 4.79 Å². The van der Waals surface area contributed by atoms with E-state index in [4.69, 9.17) is 5.26 Å². The van der Waals surface area contributed by atoms with Gasteiger partial charge in [-0.15, -0.1) is 0 Å². The second kappa shape index (κ2) is 7.04. The second-order valence-electron chi connectivity index (χ2n) is 6.80. The lowest BCUT2D eigenvalue weighted by atomic mass is 9.89. The van der Waals surface area contributed by atoms with E-state index in [2.05, 4.69) is 29.6 Å². The molecule has 1 aliphatic carbocycles. The quantitative estimate of drug-likeness (QED) is 0.907. The van der Waals surface area contributed by atoms with E-state index in [1.165, 1.54) is 36.0 Å². The molecule has 1 saturated heterocycles. The third-order valence-electron chi connectivity index (χ3n) is 5.18. The number of hydrogen-bond acceptors (Lipinski definition) is 2. The van der Waals surface area contributed by atoms with Gasteiger partial charge in [0.15, 0.2) is 0 Å². The van der Waals surface area contributed by atoms with Crippen molar-refractivity contribution in [1.29, 1.82) is 5.26 Å². The van der Waals surface area contributed by atoms with Crippen molar-refractivity contribution in [2.45, 2.75) is 51.5 Å². The van der Waals surface area contributed by atoms with E-state index in [1.54, 1.807) is 0 Å². The first-order valence-corrected chi connectivity index (χ1v) is 8.74. The first kappa shape index (κ1) is 15.9. The average molecular weight is 311 g/mol. The second-order valence-corrected chi connectivity index (χ2v) is 6.80. The summed E-state index contributed by atoms with van der Waals surface area (Å²) in [6.07, 6.45) is 6.48. The van der Waals surface area contributed by atoms with Gasteiger partial charge in [-0.1, -0.05) is 18.2 Å². The number of aryl methyl sites for hydroxylation is 2. The Morgan fingerprint density at radius 1 is 1.26 bits per heavy atom. The Hall–Kier alpha value is -2.02. The van der Waals surface area contributed by atoms with Crippen LogP contribution in [0.2, 0.25) is 0 Å². The third kappa shape index (κ3) is 3.67. The predicted octanol–water partition coefficient (Wildman–Crippen LogP) is 3.57. The van der Waals surface area contributed by atoms with Crippen molar-refractivity contribution in [3.63, 3.8) is 0 Å². The number of nitrogens with zero attached hydrogens (tertiary/aromatic N) is 2. The fraction of sp³-hybridized carbons (Fsp3) is 0.579. The maximum Gasteiger partial charge on any atom is 0.317 e. The van der Waals surface area contributed by atoms with Crippen LogP contribution in [0.25, 0.3) is 0 Å². The molecule has 0 aromatic heterocycles. The van der Waals surface area contributed by atoms with Crippen LogP contribution in [0.3, 0.4) is 0 Å². The lowest BCUT2D eigenvalue weighted by Crippen LogP contribution is -2.45. The molecule has 2 aliphatic rings. The van der Waals surface area contributed by atoms with Crippen molar-refractivity contribution in [3.05, 3.63) is 34.9 Å². The van der Waals surface area contributed by atoms with E-state index < -0.39 is 0 Å². The zero-order chi connectivity index (χ0) is 16.2. The summed E-state index contributed by atoms with van der Waals surface area (Å²) < 4.78 is 0. The van der Waals surface area contributed by atoms with Crippen molar-refractivity contribution in [2.24, 2.45) is 5.92 Å². The summed E-state index contributed by atoms with van der Waals surface area (Å²) >= 11 is 0. The van der Waals surface area contributed by atoms with Crippen molar-refractivity contribution >= 4 is 6.03 Å². The number of piperidine rings is 1. The van der Waals surface area contributed by atoms with Crippen LogP contribution in [0.4, 0.5) is 4.79 Å². The van der Waals surface area contributed by atoms with E-state index in [0.717, 1.165) is 19.3 Å². The Morgan fingerprint density at radius 3 is 2.65 bits per heavy atom. The minimum Gasteiger partial charge on any atom is -0.331 e. The maximum absolute atomic E-state index is 12.4. The SMILES string of the molecule is C[C@H](NC(=O)N1CCC(C#N)CC1)c1ccc2c(c1)CCCC2. The molecule has 1 atom stereocenters. The molecule has 0 saturated carbocycles. The van der Waals surface area contributed by atoms with Gasteiger partial charge >= 0.3 is 6.03 Å². The fourth-order valence-electron chi connectivity index (χ4n) is 3.59. The van der Waals surface area contributed by atoms with Crippen LogP contribution in [0.5, 0.6) is 0 Å². The highest BCUT2D eigenvalue weighted by molar-refractivity contribution is 5.74. The van der Waals surface area contributed by atoms with Crippen LogP contribution in [0.15, 0.2) is 18.2 Å². The molecule has 0 spiro atoms. The van der Waals surface area contributed by atoms with Crippen LogP contribution >= 0.6 is 0 Å². The molecule has 23 heavy (non-hydrogen) atoms. The number of amides is 2. The summed E-state index contributed by atoms with van der Waals surface area (Å²) in [5.41, 5.74) is 4.10. The Balaban J connectivity index is 1.59. The van der Waals surface area contributed by atoms with E-state index >= 15 is 0 Å². The minimum atomic E-state index is -0.00777. The maximum atomic E-state index is 12.4. The third-order valence-corrected chi connectivity index (χ3v) is 5.18. The van der Waals surface area contributed by atoms with Crippen molar-refractivity contribution < 1.29 is 4.79 Å². The molecule has 1 fully saturated rings. The molecule has 4 nitrogen and oxygen atoms in total. The van der Waals surface area contributed by atoms with E-state index in [-0.39, 0.29) is 18.0 Å². The van der Waals surface area contributed by atoms with Crippen LogP contribution in [-0.4, -0.2) is 24.0 Å². The Labute approximate surface area is 138 Å². The molecule has 1 aromatic rings. The van der Waals surface area contributed by atoms with Gasteiger partial charge in [0.2, 0.25) is 0 Å². The Kier molecular flexibility index (Phi) is 4.85. The molecule has 1 aromatic carbocycles. The Bertz CT molecular complexity index is 612. The predicted molar refractivity (Wildman–Crippen MR) is 89.9 cm³/mol. The first-order chi connectivity index (χ1) is 11.2. The molecule has 0 unspecified atom stereocenters. The molecule has 2 amide bonds. The molecular formula is C19H25N3O. The average Bonchev–Trinajstić information content (AvgIpc) is 2.61. The molecular weight excluding hydrogens is 286 g/mol. The summed E-state index contributed by atoms with van der Waals surface area (Å²) in [6.45, 7) is 3.41. The van der Waals surface area contributed by atoms with Gasteiger partial charge in [0.25, 0.3) is 0 Å². The summed E-state index contributed by atoms with van der Waals surface area (Å²) in [7, 11) is 0. The number of rotatable bonds is 2. The van der Waals surface area contributed by atoms with Gasteiger partial charge < -0.3 is 10.2 Å². The zero-order valence-electron chi connectivity index (χ0n) is 13.8. The number of benzene rings is 1. The fourth-order valence-corrected chi connectivity index (χ4v) is 3.59. The van der Waals surface area contributed by atoms with E-state index in [9.17, 15) is 4.79 Å².